The first-order valence-corrected chi connectivity index (χ1v) is 8.09. The molecule has 3 heteroatoms. The van der Waals surface area contributed by atoms with Gasteiger partial charge in [-0.2, -0.15) is 0 Å². The zero-order chi connectivity index (χ0) is 13.8. The third-order valence-electron chi connectivity index (χ3n) is 3.63. The summed E-state index contributed by atoms with van der Waals surface area (Å²) >= 11 is 0. The van der Waals surface area contributed by atoms with Crippen molar-refractivity contribution in [3.8, 4) is 0 Å². The van der Waals surface area contributed by atoms with Gasteiger partial charge in [-0.1, -0.05) is 51.9 Å². The monoisotopic (exact) mass is 265 g/mol. The predicted octanol–water partition coefficient (Wildman–Crippen LogP) is 4.13. The van der Waals surface area contributed by atoms with Gasteiger partial charge in [0.15, 0.2) is 0 Å². The number of hydrogen-bond donors (Lipinski definition) is 1. The van der Waals surface area contributed by atoms with Gasteiger partial charge in [0, 0.05) is 18.9 Å². The zero-order valence-corrected chi connectivity index (χ0v) is 12.8. The summed E-state index contributed by atoms with van der Waals surface area (Å²) in [5, 5.41) is 3.49. The Bertz CT molecular complexity index is 307. The summed E-state index contributed by atoms with van der Waals surface area (Å²) in [5.74, 6) is 1.15. The summed E-state index contributed by atoms with van der Waals surface area (Å²) in [6.07, 6.45) is 15.0. The van der Waals surface area contributed by atoms with Crippen molar-refractivity contribution in [2.45, 2.75) is 78.3 Å². The lowest BCUT2D eigenvalue weighted by molar-refractivity contribution is 0.544. The second-order valence-corrected chi connectivity index (χ2v) is 5.28. The molecule has 1 N–H and O–H groups in total. The molecule has 0 saturated heterocycles. The molecular formula is C16H31N3. The molecule has 1 heterocycles. The molecule has 0 bridgehead atoms. The number of nitrogens with one attached hydrogen (secondary N) is 1. The van der Waals surface area contributed by atoms with Crippen molar-refractivity contribution in [3.63, 3.8) is 0 Å². The maximum atomic E-state index is 4.36. The van der Waals surface area contributed by atoms with Crippen molar-refractivity contribution in [2.75, 3.05) is 6.54 Å². The van der Waals surface area contributed by atoms with Crippen molar-refractivity contribution in [3.05, 3.63) is 18.2 Å². The Hall–Kier alpha value is -0.830. The lowest BCUT2D eigenvalue weighted by atomic mass is 10.1. The molecule has 0 aliphatic rings. The summed E-state index contributed by atoms with van der Waals surface area (Å²) in [7, 11) is 0. The Balaban J connectivity index is 1.89. The number of aromatic nitrogens is 2. The number of aryl methyl sites for hydroxylation is 1. The summed E-state index contributed by atoms with van der Waals surface area (Å²) < 4.78 is 2.20. The molecule has 0 aliphatic heterocycles. The highest BCUT2D eigenvalue weighted by atomic mass is 15.1. The van der Waals surface area contributed by atoms with Gasteiger partial charge in [0.05, 0.1) is 6.54 Å². The van der Waals surface area contributed by atoms with Gasteiger partial charge in [-0.25, -0.2) is 4.98 Å². The highest BCUT2D eigenvalue weighted by molar-refractivity contribution is 4.91. The van der Waals surface area contributed by atoms with Crippen molar-refractivity contribution >= 4 is 0 Å². The molecule has 0 atom stereocenters. The first kappa shape index (κ1) is 16.2. The highest BCUT2D eigenvalue weighted by Gasteiger charge is 1.99. The van der Waals surface area contributed by atoms with Crippen LogP contribution in [0.2, 0.25) is 0 Å². The van der Waals surface area contributed by atoms with E-state index in [9.17, 15) is 0 Å². The predicted molar refractivity (Wildman–Crippen MR) is 82.2 cm³/mol. The van der Waals surface area contributed by atoms with Crippen LogP contribution in [-0.4, -0.2) is 16.1 Å². The molecule has 0 unspecified atom stereocenters. The van der Waals surface area contributed by atoms with Gasteiger partial charge in [-0.15, -0.1) is 0 Å². The summed E-state index contributed by atoms with van der Waals surface area (Å²) in [6.45, 7) is 7.46. The molecule has 0 aromatic carbocycles. The lowest BCUT2D eigenvalue weighted by Crippen LogP contribution is -2.17. The molecule has 110 valence electrons. The zero-order valence-electron chi connectivity index (χ0n) is 12.8. The summed E-state index contributed by atoms with van der Waals surface area (Å²) in [4.78, 5) is 4.36. The molecular weight excluding hydrogens is 234 g/mol. The van der Waals surface area contributed by atoms with Crippen molar-refractivity contribution < 1.29 is 0 Å². The van der Waals surface area contributed by atoms with Gasteiger partial charge in [-0.05, 0) is 19.9 Å². The van der Waals surface area contributed by atoms with Gasteiger partial charge in [0.2, 0.25) is 0 Å². The average molecular weight is 265 g/mol. The smallest absolute Gasteiger partial charge is 0.122 e. The van der Waals surface area contributed by atoms with Gasteiger partial charge in [0.1, 0.15) is 5.82 Å². The normalized spacial score (nSPS) is 11.1. The van der Waals surface area contributed by atoms with E-state index in [2.05, 4.69) is 28.7 Å². The second kappa shape index (κ2) is 11.0. The number of hydrogen-bond acceptors (Lipinski definition) is 2. The van der Waals surface area contributed by atoms with Crippen molar-refractivity contribution in [1.82, 2.24) is 14.9 Å². The van der Waals surface area contributed by atoms with E-state index in [0.717, 1.165) is 25.5 Å². The molecule has 3 nitrogen and oxygen atoms in total. The van der Waals surface area contributed by atoms with E-state index in [1.807, 2.05) is 12.4 Å². The van der Waals surface area contributed by atoms with E-state index in [0.29, 0.717) is 0 Å². The Morgan fingerprint density at radius 3 is 2.37 bits per heavy atom. The van der Waals surface area contributed by atoms with Crippen LogP contribution in [0.5, 0.6) is 0 Å². The number of unbranched alkanes of at least 4 members (excludes halogenated alkanes) is 7. The molecule has 1 aromatic rings. The quantitative estimate of drug-likeness (QED) is 0.576. The molecule has 0 amide bonds. The van der Waals surface area contributed by atoms with Crippen LogP contribution in [0, 0.1) is 0 Å². The standard InChI is InChI=1S/C16H31N3/c1-3-5-6-7-8-9-10-11-12-17-15-16-18-13-14-19(16)4-2/h13-14,17H,3-12,15H2,1-2H3. The van der Waals surface area contributed by atoms with E-state index in [4.69, 9.17) is 0 Å². The fourth-order valence-electron chi connectivity index (χ4n) is 2.38. The average Bonchev–Trinajstić information content (AvgIpc) is 2.88. The summed E-state index contributed by atoms with van der Waals surface area (Å²) in [6, 6.07) is 0. The Morgan fingerprint density at radius 2 is 1.68 bits per heavy atom. The topological polar surface area (TPSA) is 29.9 Å². The molecule has 0 saturated carbocycles. The fourth-order valence-corrected chi connectivity index (χ4v) is 2.38. The van der Waals surface area contributed by atoms with Crippen molar-refractivity contribution in [1.29, 1.82) is 0 Å². The minimum absolute atomic E-state index is 0.900. The highest BCUT2D eigenvalue weighted by Crippen LogP contribution is 2.08. The number of rotatable bonds is 12. The fraction of sp³-hybridized carbons (Fsp3) is 0.812. The molecule has 0 fully saturated rings. The largest absolute Gasteiger partial charge is 0.334 e. The Kier molecular flexibility index (Phi) is 9.42. The van der Waals surface area contributed by atoms with E-state index in [1.54, 1.807) is 0 Å². The Morgan fingerprint density at radius 1 is 1.00 bits per heavy atom. The van der Waals surface area contributed by atoms with E-state index in [-0.39, 0.29) is 0 Å². The van der Waals surface area contributed by atoms with E-state index in [1.165, 1.54) is 51.4 Å². The van der Waals surface area contributed by atoms with Crippen molar-refractivity contribution in [2.24, 2.45) is 0 Å². The molecule has 0 aliphatic carbocycles. The van der Waals surface area contributed by atoms with E-state index < -0.39 is 0 Å². The van der Waals surface area contributed by atoms with Crippen LogP contribution in [0.15, 0.2) is 12.4 Å². The first-order chi connectivity index (χ1) is 9.38. The minimum Gasteiger partial charge on any atom is -0.334 e. The molecule has 0 spiro atoms. The van der Waals surface area contributed by atoms with Crippen LogP contribution in [0.25, 0.3) is 0 Å². The van der Waals surface area contributed by atoms with Crippen LogP contribution in [0.4, 0.5) is 0 Å². The number of imidazole rings is 1. The maximum absolute atomic E-state index is 4.36. The van der Waals surface area contributed by atoms with Crippen LogP contribution in [-0.2, 0) is 13.1 Å². The Labute approximate surface area is 118 Å². The van der Waals surface area contributed by atoms with Crippen LogP contribution >= 0.6 is 0 Å². The third-order valence-corrected chi connectivity index (χ3v) is 3.63. The van der Waals surface area contributed by atoms with Crippen LogP contribution in [0.1, 0.15) is 71.0 Å². The maximum Gasteiger partial charge on any atom is 0.122 e. The van der Waals surface area contributed by atoms with E-state index >= 15 is 0 Å². The second-order valence-electron chi connectivity index (χ2n) is 5.28. The van der Waals surface area contributed by atoms with Gasteiger partial charge < -0.3 is 9.88 Å². The van der Waals surface area contributed by atoms with Gasteiger partial charge in [-0.3, -0.25) is 0 Å². The molecule has 19 heavy (non-hydrogen) atoms. The lowest BCUT2D eigenvalue weighted by Gasteiger charge is -2.06. The summed E-state index contributed by atoms with van der Waals surface area (Å²) in [5.41, 5.74) is 0. The SMILES string of the molecule is CCCCCCCCCCNCc1nccn1CC. The van der Waals surface area contributed by atoms with Gasteiger partial charge >= 0.3 is 0 Å². The third kappa shape index (κ3) is 7.36. The number of nitrogens with zero attached hydrogens (tertiary/aromatic N) is 2. The van der Waals surface area contributed by atoms with Gasteiger partial charge in [0.25, 0.3) is 0 Å². The first-order valence-electron chi connectivity index (χ1n) is 8.09. The van der Waals surface area contributed by atoms with Crippen LogP contribution < -0.4 is 5.32 Å². The molecule has 1 rings (SSSR count). The minimum atomic E-state index is 0.900. The molecule has 1 aromatic heterocycles. The molecule has 0 radical (unpaired) electrons. The van der Waals surface area contributed by atoms with Crippen LogP contribution in [0.3, 0.4) is 0 Å².